The molecule has 52 heavy (non-hydrogen) atoms. The van der Waals surface area contributed by atoms with E-state index in [2.05, 4.69) is 36.3 Å². The minimum Gasteiger partial charge on any atom is -0.756 e. The molecule has 0 fully saturated rings. The number of carbonyl (C=O) groups excluding carboxylic acids is 3. The van der Waals surface area contributed by atoms with Crippen LogP contribution in [0.5, 0.6) is 0 Å². The molecule has 0 spiro atoms. The minimum atomic E-state index is -4.95. The first kappa shape index (κ1) is 50.2. The second kappa shape index (κ2) is 36.2. The summed E-state index contributed by atoms with van der Waals surface area (Å²) >= 11 is 0. The molecule has 0 saturated heterocycles. The van der Waals surface area contributed by atoms with Gasteiger partial charge in [-0.05, 0) is 38.5 Å². The van der Waals surface area contributed by atoms with Crippen molar-refractivity contribution in [3.05, 3.63) is 12.2 Å². The topological polar surface area (TPSA) is 179 Å². The van der Waals surface area contributed by atoms with E-state index in [9.17, 15) is 28.9 Å². The van der Waals surface area contributed by atoms with Crippen molar-refractivity contribution in [3.63, 3.8) is 0 Å². The molecule has 0 heterocycles. The second-order valence-electron chi connectivity index (χ2n) is 14.2. The number of hydrogen-bond acceptors (Lipinski definition) is 10. The Morgan fingerprint density at radius 1 is 0.577 bits per heavy atom. The predicted octanol–water partition coefficient (Wildman–Crippen LogP) is 7.82. The summed E-state index contributed by atoms with van der Waals surface area (Å²) < 4.78 is 32.3. The Balaban J connectivity index is 4.39. The van der Waals surface area contributed by atoms with Crippen LogP contribution in [0.15, 0.2) is 12.2 Å². The van der Waals surface area contributed by atoms with Crippen LogP contribution in [0.3, 0.4) is 0 Å². The molecular weight excluding hydrogens is 685 g/mol. The third-order valence-corrected chi connectivity index (χ3v) is 9.97. The van der Waals surface area contributed by atoms with Crippen LogP contribution in [0.2, 0.25) is 0 Å². The van der Waals surface area contributed by atoms with Crippen molar-refractivity contribution < 1.29 is 53.2 Å². The second-order valence-corrected chi connectivity index (χ2v) is 15.6. The normalized spacial score (nSPS) is 13.9. The number of rotatable bonds is 39. The number of esters is 2. The molecular formula is C40H75NO10P-. The van der Waals surface area contributed by atoms with Gasteiger partial charge in [0.25, 0.3) is 7.82 Å². The van der Waals surface area contributed by atoms with Crippen molar-refractivity contribution in [2.75, 3.05) is 19.8 Å². The SMILES string of the molecule is CCCCCCCC/C=C\CCCCCCCC(=O)O[C@H](COC(=O)CCCCCCCCCCCCCCC)COP(=O)([O-])OC[C@H]([NH3+])C(=O)[O-]. The van der Waals surface area contributed by atoms with E-state index < -0.39 is 51.1 Å². The molecule has 3 atom stereocenters. The van der Waals surface area contributed by atoms with Crippen LogP contribution in [0.1, 0.15) is 194 Å². The fourth-order valence-electron chi connectivity index (χ4n) is 5.71. The lowest BCUT2D eigenvalue weighted by molar-refractivity contribution is -0.441. The molecule has 1 unspecified atom stereocenters. The van der Waals surface area contributed by atoms with E-state index in [4.69, 9.17) is 14.0 Å². The van der Waals surface area contributed by atoms with Gasteiger partial charge in [0, 0.05) is 12.8 Å². The van der Waals surface area contributed by atoms with Gasteiger partial charge in [0.1, 0.15) is 25.2 Å². The summed E-state index contributed by atoms with van der Waals surface area (Å²) in [6.45, 7) is 2.69. The number of carboxylic acid groups (broad SMARTS) is 1. The van der Waals surface area contributed by atoms with Crippen LogP contribution in [0, 0.1) is 0 Å². The van der Waals surface area contributed by atoms with Gasteiger partial charge in [-0.15, -0.1) is 0 Å². The highest BCUT2D eigenvalue weighted by atomic mass is 31.2. The maximum Gasteiger partial charge on any atom is 0.306 e. The predicted molar refractivity (Wildman–Crippen MR) is 202 cm³/mol. The summed E-state index contributed by atoms with van der Waals surface area (Å²) in [5.74, 6) is -2.58. The number of phosphoric ester groups is 1. The average Bonchev–Trinajstić information content (AvgIpc) is 3.12. The first-order valence-corrected chi connectivity index (χ1v) is 22.2. The summed E-state index contributed by atoms with van der Waals surface area (Å²) in [5.41, 5.74) is 3.24. The summed E-state index contributed by atoms with van der Waals surface area (Å²) in [4.78, 5) is 47.9. The van der Waals surface area contributed by atoms with Crippen LogP contribution >= 0.6 is 7.82 Å². The largest absolute Gasteiger partial charge is 0.756 e. The minimum absolute atomic E-state index is 0.141. The van der Waals surface area contributed by atoms with Gasteiger partial charge in [-0.2, -0.15) is 0 Å². The van der Waals surface area contributed by atoms with E-state index in [0.29, 0.717) is 12.8 Å². The van der Waals surface area contributed by atoms with E-state index >= 15 is 0 Å². The van der Waals surface area contributed by atoms with Crippen molar-refractivity contribution >= 4 is 25.7 Å². The molecule has 0 saturated carbocycles. The number of carbonyl (C=O) groups is 3. The summed E-state index contributed by atoms with van der Waals surface area (Å²) in [7, 11) is -4.95. The van der Waals surface area contributed by atoms with Crippen molar-refractivity contribution in [1.29, 1.82) is 0 Å². The first-order valence-electron chi connectivity index (χ1n) is 20.7. The lowest BCUT2D eigenvalue weighted by Gasteiger charge is -2.26. The molecule has 0 bridgehead atoms. The zero-order valence-electron chi connectivity index (χ0n) is 33.0. The van der Waals surface area contributed by atoms with Gasteiger partial charge in [0.2, 0.25) is 0 Å². The highest BCUT2D eigenvalue weighted by Crippen LogP contribution is 2.38. The Morgan fingerprint density at radius 3 is 1.40 bits per heavy atom. The first-order chi connectivity index (χ1) is 25.1. The quantitative estimate of drug-likeness (QED) is 0.0281. The Morgan fingerprint density at radius 2 is 0.962 bits per heavy atom. The van der Waals surface area contributed by atoms with Crippen LogP contribution < -0.4 is 15.7 Å². The van der Waals surface area contributed by atoms with Gasteiger partial charge >= 0.3 is 11.9 Å². The molecule has 0 amide bonds. The molecule has 0 rings (SSSR count). The van der Waals surface area contributed by atoms with E-state index in [0.717, 1.165) is 57.8 Å². The number of carboxylic acids is 1. The lowest BCUT2D eigenvalue weighted by atomic mass is 10.0. The number of quaternary nitrogens is 1. The molecule has 0 aromatic carbocycles. The molecule has 0 aliphatic heterocycles. The average molecular weight is 761 g/mol. The number of ether oxygens (including phenoxy) is 2. The maximum absolute atomic E-state index is 12.6. The molecule has 0 aromatic rings. The molecule has 0 aliphatic carbocycles. The third kappa shape index (κ3) is 35.3. The fraction of sp³-hybridized carbons (Fsp3) is 0.875. The van der Waals surface area contributed by atoms with Gasteiger partial charge in [-0.1, -0.05) is 154 Å². The van der Waals surface area contributed by atoms with E-state index in [1.807, 2.05) is 0 Å². The monoisotopic (exact) mass is 761 g/mol. The van der Waals surface area contributed by atoms with Gasteiger partial charge < -0.3 is 39.0 Å². The number of aliphatic carboxylic acids is 1. The summed E-state index contributed by atoms with van der Waals surface area (Å²) in [6, 6.07) is -1.42. The highest BCUT2D eigenvalue weighted by Gasteiger charge is 2.22. The Labute approximate surface area is 316 Å². The van der Waals surface area contributed by atoms with Crippen LogP contribution in [-0.4, -0.2) is 49.9 Å². The highest BCUT2D eigenvalue weighted by molar-refractivity contribution is 7.45. The standard InChI is InChI=1S/C40H76NO10P/c1-3-5-7-9-11-13-15-17-18-20-22-24-26-28-30-32-39(43)51-36(34-49-52(46,47)50-35-37(41)40(44)45)33-48-38(42)31-29-27-25-23-21-19-16-14-12-10-8-6-4-2/h17-18,36-37H,3-16,19-35,41H2,1-2H3,(H,44,45)(H,46,47)/p-1/b18-17-/t36-,37+/m1/s1. The Kier molecular flexibility index (Phi) is 35.0. The van der Waals surface area contributed by atoms with Crippen molar-refractivity contribution in [3.8, 4) is 0 Å². The number of allylic oxidation sites excluding steroid dienone is 2. The smallest absolute Gasteiger partial charge is 0.306 e. The van der Waals surface area contributed by atoms with Crippen molar-refractivity contribution in [2.45, 2.75) is 206 Å². The molecule has 3 N–H and O–H groups in total. The number of hydrogen-bond donors (Lipinski definition) is 1. The van der Waals surface area contributed by atoms with E-state index in [1.165, 1.54) is 96.3 Å². The molecule has 11 nitrogen and oxygen atoms in total. The Hall–Kier alpha value is -1.78. The van der Waals surface area contributed by atoms with Crippen molar-refractivity contribution in [1.82, 2.24) is 0 Å². The van der Waals surface area contributed by atoms with Crippen LogP contribution in [0.4, 0.5) is 0 Å². The van der Waals surface area contributed by atoms with E-state index in [-0.39, 0.29) is 19.4 Å². The molecule has 306 valence electrons. The number of phosphoric acid groups is 1. The van der Waals surface area contributed by atoms with Gasteiger partial charge in [0.05, 0.1) is 6.61 Å². The van der Waals surface area contributed by atoms with Gasteiger partial charge in [-0.25, -0.2) is 0 Å². The Bertz CT molecular complexity index is 947. The van der Waals surface area contributed by atoms with E-state index in [1.54, 1.807) is 0 Å². The number of unbranched alkanes of at least 4 members (excludes halogenated alkanes) is 23. The zero-order chi connectivity index (χ0) is 38.5. The summed E-state index contributed by atoms with van der Waals surface area (Å²) in [6.07, 6.45) is 34.0. The lowest BCUT2D eigenvalue weighted by Crippen LogP contribution is -2.70. The molecule has 0 radical (unpaired) electrons. The van der Waals surface area contributed by atoms with Gasteiger partial charge in [-0.3, -0.25) is 14.2 Å². The van der Waals surface area contributed by atoms with Crippen molar-refractivity contribution in [2.24, 2.45) is 0 Å². The maximum atomic E-state index is 12.6. The third-order valence-electron chi connectivity index (χ3n) is 9.04. The van der Waals surface area contributed by atoms with Gasteiger partial charge in [0.15, 0.2) is 6.10 Å². The van der Waals surface area contributed by atoms with Crippen LogP contribution in [-0.2, 0) is 37.5 Å². The summed E-state index contributed by atoms with van der Waals surface area (Å²) in [5, 5.41) is 10.8. The molecule has 0 aromatic heterocycles. The fourth-order valence-corrected chi connectivity index (χ4v) is 6.49. The zero-order valence-corrected chi connectivity index (χ0v) is 33.9. The van der Waals surface area contributed by atoms with Crippen LogP contribution in [0.25, 0.3) is 0 Å². The molecule has 12 heteroatoms. The molecule has 0 aliphatic rings.